The molecule has 0 saturated heterocycles. The highest BCUT2D eigenvalue weighted by Gasteiger charge is 2.29. The van der Waals surface area contributed by atoms with E-state index in [0.29, 0.717) is 0 Å². The molecule has 438 valence electrons. The molecule has 0 nitrogen and oxygen atoms in total. The van der Waals surface area contributed by atoms with Crippen LogP contribution in [0.25, 0.3) is 153 Å². The minimum Gasteiger partial charge on any atom is -0.0616 e. The first-order valence-electron chi connectivity index (χ1n) is 32.4. The summed E-state index contributed by atoms with van der Waals surface area (Å²) in [7, 11) is 0. The van der Waals surface area contributed by atoms with Gasteiger partial charge in [-0.05, 0) is 227 Å². The van der Waals surface area contributed by atoms with Crippen molar-refractivity contribution in [3.8, 4) is 66.8 Å². The maximum absolute atomic E-state index is 2.48. The molecule has 0 unspecified atom stereocenters. The molecule has 16 rings (SSSR count). The molecule has 15 aromatic rings. The van der Waals surface area contributed by atoms with Gasteiger partial charge in [0, 0.05) is 0 Å². The van der Waals surface area contributed by atoms with Crippen LogP contribution in [0.3, 0.4) is 0 Å². The molecule has 0 aliphatic heterocycles. The molecule has 0 radical (unpaired) electrons. The molecule has 0 N–H and O–H groups in total. The van der Waals surface area contributed by atoms with Gasteiger partial charge in [-0.1, -0.05) is 308 Å². The second-order valence-corrected chi connectivity index (χ2v) is 29.7. The van der Waals surface area contributed by atoms with E-state index >= 15 is 0 Å². The van der Waals surface area contributed by atoms with E-state index in [4.69, 9.17) is 0 Å². The third-order valence-corrected chi connectivity index (χ3v) is 19.6. The highest BCUT2D eigenvalue weighted by molar-refractivity contribution is 6.21. The maximum Gasteiger partial charge on any atom is -0.00201 e. The number of benzene rings is 15. The van der Waals surface area contributed by atoms with Gasteiger partial charge in [-0.15, -0.1) is 0 Å². The van der Waals surface area contributed by atoms with Gasteiger partial charge < -0.3 is 0 Å². The molecule has 0 saturated carbocycles. The summed E-state index contributed by atoms with van der Waals surface area (Å²) in [5.41, 5.74) is 21.4. The summed E-state index contributed by atoms with van der Waals surface area (Å²) in [6.07, 6.45) is 0. The molecule has 0 spiro atoms. The monoisotopic (exact) mass is 1160 g/mol. The zero-order valence-electron chi connectivity index (χ0n) is 54.2. The minimum absolute atomic E-state index is 0.0000204. The number of hydrogen-bond donors (Lipinski definition) is 0. The summed E-state index contributed by atoms with van der Waals surface area (Å²) in [5.74, 6) is 0. The van der Waals surface area contributed by atoms with E-state index in [0.717, 1.165) is 0 Å². The zero-order chi connectivity index (χ0) is 62.2. The summed E-state index contributed by atoms with van der Waals surface area (Å²) >= 11 is 0. The van der Waals surface area contributed by atoms with Gasteiger partial charge >= 0.3 is 0 Å². The summed E-state index contributed by atoms with van der Waals surface area (Å²) in [4.78, 5) is 0. The van der Waals surface area contributed by atoms with Gasteiger partial charge in [-0.2, -0.15) is 0 Å². The van der Waals surface area contributed by atoms with Crippen LogP contribution in [0.1, 0.15) is 105 Å². The summed E-state index contributed by atoms with van der Waals surface area (Å²) in [6, 6.07) is 96.2. The third kappa shape index (κ3) is 9.84. The SMILES string of the molecule is CC(C)(C)c1ccc2c(-c3ccc4c(c3)-c3cccc5c(-c6c(C(C)(C)C)ccc7cc(C(C)(C)C)ccc67)ccc-4c35)c(C(C)(C)C)ccc2c1.c1ccc2c(c1)ccc1cc(-c3ccc4ccc(-c5ccc6c(ccc7ccccc76)c5)cc4c3)ccc12. The lowest BCUT2D eigenvalue weighted by atomic mass is 9.77. The van der Waals surface area contributed by atoms with E-state index in [1.807, 2.05) is 0 Å². The number of rotatable bonds is 4. The normalized spacial score (nSPS) is 12.7. The predicted octanol–water partition coefficient (Wildman–Crippen LogP) is 26.1. The number of hydrogen-bond acceptors (Lipinski definition) is 0. The average Bonchev–Trinajstić information content (AvgIpc) is 1.49. The minimum atomic E-state index is -0.0102. The first kappa shape index (κ1) is 56.9. The van der Waals surface area contributed by atoms with Gasteiger partial charge in [0.15, 0.2) is 0 Å². The Bertz CT molecular complexity index is 5290. The Kier molecular flexibility index (Phi) is 13.3. The molecule has 1 aliphatic rings. The molecule has 15 aromatic carbocycles. The van der Waals surface area contributed by atoms with Crippen molar-refractivity contribution in [3.63, 3.8) is 0 Å². The van der Waals surface area contributed by atoms with Crippen LogP contribution in [0.5, 0.6) is 0 Å². The molecule has 0 heterocycles. The van der Waals surface area contributed by atoms with E-state index in [9.17, 15) is 0 Å². The largest absolute Gasteiger partial charge is 0.0616 e. The van der Waals surface area contributed by atoms with Crippen LogP contribution in [0.2, 0.25) is 0 Å². The van der Waals surface area contributed by atoms with E-state index in [2.05, 4.69) is 338 Å². The van der Waals surface area contributed by atoms with Crippen molar-refractivity contribution in [1.82, 2.24) is 0 Å². The highest BCUT2D eigenvalue weighted by Crippen LogP contribution is 2.53. The first-order valence-corrected chi connectivity index (χ1v) is 32.4. The van der Waals surface area contributed by atoms with Crippen LogP contribution in [0.15, 0.2) is 255 Å². The fourth-order valence-electron chi connectivity index (χ4n) is 14.7. The zero-order valence-corrected chi connectivity index (χ0v) is 54.2. The molecule has 0 heteroatoms. The lowest BCUT2D eigenvalue weighted by Crippen LogP contribution is -2.14. The van der Waals surface area contributed by atoms with Crippen LogP contribution in [-0.4, -0.2) is 0 Å². The first-order chi connectivity index (χ1) is 43.1. The molecule has 0 atom stereocenters. The Morgan fingerprint density at radius 2 is 0.567 bits per heavy atom. The molecule has 0 fully saturated rings. The predicted molar refractivity (Wildman–Crippen MR) is 394 cm³/mol. The molecule has 90 heavy (non-hydrogen) atoms. The second-order valence-electron chi connectivity index (χ2n) is 29.7. The lowest BCUT2D eigenvalue weighted by Gasteiger charge is -2.26. The quantitative estimate of drug-likeness (QED) is 0.154. The van der Waals surface area contributed by atoms with Gasteiger partial charge in [0.25, 0.3) is 0 Å². The summed E-state index contributed by atoms with van der Waals surface area (Å²) in [5, 5.41) is 20.9. The van der Waals surface area contributed by atoms with E-state index in [1.54, 1.807) is 0 Å². The summed E-state index contributed by atoms with van der Waals surface area (Å²) < 4.78 is 0. The molecular formula is C90H78. The average molecular weight is 1160 g/mol. The van der Waals surface area contributed by atoms with Crippen molar-refractivity contribution < 1.29 is 0 Å². The fourth-order valence-corrected chi connectivity index (χ4v) is 14.7. The molecule has 1 aliphatic carbocycles. The van der Waals surface area contributed by atoms with Crippen LogP contribution in [0.4, 0.5) is 0 Å². The third-order valence-electron chi connectivity index (χ3n) is 19.6. The molecular weight excluding hydrogens is 1080 g/mol. The van der Waals surface area contributed by atoms with E-state index in [1.165, 1.54) is 175 Å². The molecule has 0 amide bonds. The van der Waals surface area contributed by atoms with Crippen molar-refractivity contribution in [2.75, 3.05) is 0 Å². The van der Waals surface area contributed by atoms with Gasteiger partial charge in [-0.25, -0.2) is 0 Å². The van der Waals surface area contributed by atoms with Gasteiger partial charge in [0.1, 0.15) is 0 Å². The second kappa shape index (κ2) is 21.0. The van der Waals surface area contributed by atoms with Crippen molar-refractivity contribution in [1.29, 1.82) is 0 Å². The maximum atomic E-state index is 2.48. The Hall–Kier alpha value is -9.62. The Morgan fingerprint density at radius 3 is 1.10 bits per heavy atom. The Labute approximate surface area is 531 Å². The van der Waals surface area contributed by atoms with E-state index < -0.39 is 0 Å². The highest BCUT2D eigenvalue weighted by atomic mass is 14.3. The van der Waals surface area contributed by atoms with Crippen LogP contribution >= 0.6 is 0 Å². The van der Waals surface area contributed by atoms with Crippen LogP contribution in [0, 0.1) is 0 Å². The smallest absolute Gasteiger partial charge is 0.00201 e. The number of fused-ring (bicyclic) bond motifs is 12. The topological polar surface area (TPSA) is 0 Å². The lowest BCUT2D eigenvalue weighted by molar-refractivity contribution is 0.590. The van der Waals surface area contributed by atoms with E-state index in [-0.39, 0.29) is 21.7 Å². The fraction of sp³-hybridized carbons (Fsp3) is 0.178. The van der Waals surface area contributed by atoms with Crippen LogP contribution < -0.4 is 0 Å². The van der Waals surface area contributed by atoms with Crippen molar-refractivity contribution >= 4 is 86.2 Å². The van der Waals surface area contributed by atoms with Gasteiger partial charge in [-0.3, -0.25) is 0 Å². The summed E-state index contributed by atoms with van der Waals surface area (Å²) in [6.45, 7) is 27.9. The Balaban J connectivity index is 0.000000157. The standard InChI is InChI=1S/C52H54.C38H24/c1-49(2,3)34-19-22-36-31(28-34)17-26-44(51(7,8)9)46(36)33-16-21-38-41-24-25-42(39-14-13-15-40(47(39)41)43(38)30-33)48-37-23-20-35(50(4,5)6)29-32(37)18-27-45(48)52(10,11)12;1-3-7-35-26(5-1)11-15-32-21-30(17-19-37(32)35)28-13-9-25-10-14-29(24-34(25)23-28)31-18-20-38-33(22-31)16-12-27-6-2-4-8-36(27)38/h13-30H,1-12H3;1-24H. The van der Waals surface area contributed by atoms with Crippen molar-refractivity contribution in [2.24, 2.45) is 0 Å². The van der Waals surface area contributed by atoms with Gasteiger partial charge in [0.05, 0.1) is 0 Å². The molecule has 0 aromatic heterocycles. The molecule has 0 bridgehead atoms. The van der Waals surface area contributed by atoms with Crippen molar-refractivity contribution in [3.05, 3.63) is 277 Å². The van der Waals surface area contributed by atoms with Crippen molar-refractivity contribution in [2.45, 2.75) is 105 Å². The Morgan fingerprint density at radius 1 is 0.189 bits per heavy atom. The van der Waals surface area contributed by atoms with Gasteiger partial charge in [0.2, 0.25) is 0 Å². The van der Waals surface area contributed by atoms with Crippen LogP contribution in [-0.2, 0) is 21.7 Å².